The van der Waals surface area contributed by atoms with E-state index in [1.165, 1.54) is 66.9 Å². The van der Waals surface area contributed by atoms with Crippen LogP contribution in [0.3, 0.4) is 0 Å². The van der Waals surface area contributed by atoms with Gasteiger partial charge in [-0.25, -0.2) is 17.6 Å². The van der Waals surface area contributed by atoms with Gasteiger partial charge in [-0.05, 0) is 66.0 Å². The Morgan fingerprint density at radius 1 is 0.611 bits per heavy atom. The molecule has 0 saturated carbocycles. The molecule has 4 aromatic heterocycles. The monoisotopic (exact) mass is 915 g/mol. The van der Waals surface area contributed by atoms with Gasteiger partial charge in [-0.2, -0.15) is 37.4 Å². The first-order valence-electron chi connectivity index (χ1n) is 15.4. The maximum absolute atomic E-state index is 13.1. The number of imidazole rings is 2. The van der Waals surface area contributed by atoms with E-state index >= 15 is 0 Å². The van der Waals surface area contributed by atoms with Crippen molar-refractivity contribution in [1.82, 2.24) is 24.3 Å². The standard InChI is InChI=1S/2C15H9F2N2.C9H5F3N3.Ir/c2*16-12-3-1-5-14(9-12)18-7-8-19(11-18)15-6-2-4-13(17)10-15;10-9(11,12)8-5-7(14-15-8)6-3-1-2-4-13-6;/h2*1-5,7-10H;1-5H;/q3*-1;. The minimum Gasteiger partial charge on any atom is -0.573 e. The van der Waals surface area contributed by atoms with Gasteiger partial charge in [-0.3, -0.25) is 14.1 Å². The normalized spacial score (nSPS) is 10.7. The van der Waals surface area contributed by atoms with Gasteiger partial charge in [0.1, 0.15) is 17.3 Å². The van der Waals surface area contributed by atoms with Crippen molar-refractivity contribution in [3.63, 3.8) is 0 Å². The number of hydrogen-bond acceptors (Lipinski definition) is 2. The zero-order valence-corrected chi connectivity index (χ0v) is 29.8. The zero-order valence-electron chi connectivity index (χ0n) is 27.4. The molecule has 0 saturated heterocycles. The molecule has 0 atom stereocenters. The summed E-state index contributed by atoms with van der Waals surface area (Å²) < 4.78 is 95.6. The molecule has 8 aromatic rings. The number of benzene rings is 4. The van der Waals surface area contributed by atoms with Crippen LogP contribution < -0.4 is 14.2 Å². The van der Waals surface area contributed by atoms with E-state index in [-0.39, 0.29) is 49.1 Å². The number of halogens is 7. The van der Waals surface area contributed by atoms with E-state index in [9.17, 15) is 30.7 Å². The minimum atomic E-state index is -4.46. The average molecular weight is 915 g/mol. The van der Waals surface area contributed by atoms with Crippen LogP contribution in [-0.4, -0.2) is 19.2 Å². The quantitative estimate of drug-likeness (QED) is 0.103. The van der Waals surface area contributed by atoms with Crippen molar-refractivity contribution >= 4 is 0 Å². The SMILES string of the molecule is FC(F)(F)c1cc(-c2ccccn2)[n-]n1.Fc1cc[c-]c(-n2[c-][n+](-c3cccc(F)c3)cc2)c1.Fc1cc[c-]c(-n2[c-][n+](-c3cccc(F)c3)cc2)c1.[Ir]. The zero-order chi connectivity index (χ0) is 37.4. The molecule has 8 rings (SSSR count). The molecule has 0 fully saturated rings. The summed E-state index contributed by atoms with van der Waals surface area (Å²) in [6.07, 6.45) is 9.80. The molecule has 0 amide bonds. The van der Waals surface area contributed by atoms with Gasteiger partial charge < -0.3 is 19.3 Å². The molecule has 0 N–H and O–H groups in total. The van der Waals surface area contributed by atoms with E-state index in [0.717, 1.165) is 6.07 Å². The van der Waals surface area contributed by atoms with Gasteiger partial charge in [0.15, 0.2) is 0 Å². The average Bonchev–Trinajstić information content (AvgIpc) is 3.95. The summed E-state index contributed by atoms with van der Waals surface area (Å²) in [7, 11) is 0. The van der Waals surface area contributed by atoms with Crippen molar-refractivity contribution < 1.29 is 60.0 Å². The second kappa shape index (κ2) is 17.6. The van der Waals surface area contributed by atoms with Gasteiger partial charge in [0.05, 0.1) is 11.4 Å². The number of pyridine rings is 1. The number of alkyl halides is 3. The van der Waals surface area contributed by atoms with Gasteiger partial charge in [-0.1, -0.05) is 23.9 Å². The first kappa shape index (κ1) is 39.0. The summed E-state index contributed by atoms with van der Waals surface area (Å²) in [5.41, 5.74) is 1.88. The van der Waals surface area contributed by atoms with Crippen LogP contribution in [-0.2, 0) is 26.3 Å². The van der Waals surface area contributed by atoms with Crippen molar-refractivity contribution in [2.75, 3.05) is 0 Å². The van der Waals surface area contributed by atoms with E-state index < -0.39 is 11.9 Å². The third-order valence-electron chi connectivity index (χ3n) is 7.11. The molecule has 0 spiro atoms. The number of aromatic nitrogens is 7. The molecule has 0 bridgehead atoms. The van der Waals surface area contributed by atoms with Crippen LogP contribution in [0.4, 0.5) is 30.7 Å². The van der Waals surface area contributed by atoms with Crippen LogP contribution in [0.5, 0.6) is 0 Å². The van der Waals surface area contributed by atoms with Crippen molar-refractivity contribution in [1.29, 1.82) is 0 Å². The van der Waals surface area contributed by atoms with Crippen LogP contribution >= 0.6 is 0 Å². The fourth-order valence-electron chi connectivity index (χ4n) is 4.65. The summed E-state index contributed by atoms with van der Waals surface area (Å²) in [5.74, 6) is -1.31. The van der Waals surface area contributed by atoms with E-state index in [4.69, 9.17) is 0 Å². The third kappa shape index (κ3) is 10.2. The predicted molar refractivity (Wildman–Crippen MR) is 176 cm³/mol. The Morgan fingerprint density at radius 3 is 1.56 bits per heavy atom. The van der Waals surface area contributed by atoms with Gasteiger partial charge in [0.25, 0.3) is 12.7 Å². The van der Waals surface area contributed by atoms with Crippen molar-refractivity contribution in [2.45, 2.75) is 6.18 Å². The molecular weight excluding hydrogens is 892 g/mol. The topological polar surface area (TPSA) is 57.5 Å². The Bertz CT molecular complexity index is 2180. The Kier molecular flexibility index (Phi) is 12.7. The van der Waals surface area contributed by atoms with Gasteiger partial charge >= 0.3 is 6.18 Å². The first-order chi connectivity index (χ1) is 25.5. The second-order valence-corrected chi connectivity index (χ2v) is 10.8. The van der Waals surface area contributed by atoms with Crippen LogP contribution in [0.2, 0.25) is 0 Å². The molecule has 54 heavy (non-hydrogen) atoms. The van der Waals surface area contributed by atoms with Crippen molar-refractivity contribution in [3.05, 3.63) is 194 Å². The minimum absolute atomic E-state index is 0. The van der Waals surface area contributed by atoms with Crippen molar-refractivity contribution in [3.8, 4) is 34.1 Å². The predicted octanol–water partition coefficient (Wildman–Crippen LogP) is 7.38. The molecule has 0 aliphatic heterocycles. The number of rotatable bonds is 5. The van der Waals surface area contributed by atoms with E-state index in [2.05, 4.69) is 40.0 Å². The summed E-state index contributed by atoms with van der Waals surface area (Å²) in [6, 6.07) is 32.3. The summed E-state index contributed by atoms with van der Waals surface area (Å²) >= 11 is 0. The smallest absolute Gasteiger partial charge is 0.431 e. The summed E-state index contributed by atoms with van der Waals surface area (Å²) in [5, 5.41) is 6.47. The molecular formula is C39H23F7IrN7-3. The van der Waals surface area contributed by atoms with Crippen LogP contribution in [0, 0.1) is 48.1 Å². The van der Waals surface area contributed by atoms with Crippen LogP contribution in [0.1, 0.15) is 5.69 Å². The van der Waals surface area contributed by atoms with Gasteiger partial charge in [0.2, 0.25) is 0 Å². The van der Waals surface area contributed by atoms with E-state index in [0.29, 0.717) is 28.4 Å². The molecule has 0 aliphatic rings. The Balaban J connectivity index is 0.000000156. The number of nitrogens with zero attached hydrogens (tertiary/aromatic N) is 7. The Hall–Kier alpha value is -6.18. The van der Waals surface area contributed by atoms with Crippen LogP contribution in [0.25, 0.3) is 34.1 Å². The fourth-order valence-corrected chi connectivity index (χ4v) is 4.65. The van der Waals surface area contributed by atoms with Gasteiger partial charge in [0, 0.05) is 68.4 Å². The van der Waals surface area contributed by atoms with Crippen molar-refractivity contribution in [2.24, 2.45) is 0 Å². The summed E-state index contributed by atoms with van der Waals surface area (Å²) in [6.45, 7) is 0. The largest absolute Gasteiger partial charge is 0.573 e. The van der Waals surface area contributed by atoms with E-state index in [1.54, 1.807) is 85.5 Å². The Morgan fingerprint density at radius 2 is 1.13 bits per heavy atom. The molecule has 15 heteroatoms. The Labute approximate surface area is 317 Å². The maximum Gasteiger partial charge on any atom is 0.431 e. The molecule has 4 heterocycles. The molecule has 7 nitrogen and oxygen atoms in total. The molecule has 4 aromatic carbocycles. The van der Waals surface area contributed by atoms with Gasteiger partial charge in [-0.15, -0.1) is 24.3 Å². The molecule has 0 aliphatic carbocycles. The molecule has 1 radical (unpaired) electrons. The maximum atomic E-state index is 13.1. The fraction of sp³-hybridized carbons (Fsp3) is 0.0256. The van der Waals surface area contributed by atoms with Crippen LogP contribution in [0.15, 0.2) is 140 Å². The molecule has 275 valence electrons. The third-order valence-corrected chi connectivity index (χ3v) is 7.11. The van der Waals surface area contributed by atoms with E-state index in [1.807, 2.05) is 0 Å². The second-order valence-electron chi connectivity index (χ2n) is 10.8. The number of hydrogen-bond donors (Lipinski definition) is 0. The first-order valence-corrected chi connectivity index (χ1v) is 15.4. The summed E-state index contributed by atoms with van der Waals surface area (Å²) in [4.78, 5) is 3.87. The molecule has 0 unspecified atom stereocenters.